The first-order chi connectivity index (χ1) is 9.09. The van der Waals surface area contributed by atoms with Crippen LogP contribution in [0, 0.1) is 5.92 Å². The van der Waals surface area contributed by atoms with Crippen LogP contribution in [0.15, 0.2) is 24.5 Å². The van der Waals surface area contributed by atoms with E-state index in [1.165, 1.54) is 0 Å². The van der Waals surface area contributed by atoms with E-state index in [0.29, 0.717) is 18.7 Å². The van der Waals surface area contributed by atoms with Crippen LogP contribution in [0.25, 0.3) is 0 Å². The van der Waals surface area contributed by atoms with E-state index in [4.69, 9.17) is 0 Å². The fraction of sp³-hybridized carbons (Fsp3) is 0.500. The van der Waals surface area contributed by atoms with E-state index in [1.54, 1.807) is 48.4 Å². The first-order valence-electron chi connectivity index (χ1n) is 6.50. The molecule has 0 spiro atoms. The van der Waals surface area contributed by atoms with Crippen molar-refractivity contribution in [1.82, 2.24) is 14.8 Å². The van der Waals surface area contributed by atoms with Crippen molar-refractivity contribution in [3.8, 4) is 0 Å². The van der Waals surface area contributed by atoms with Crippen molar-refractivity contribution >= 4 is 11.8 Å². The summed E-state index contributed by atoms with van der Waals surface area (Å²) < 4.78 is 0. The van der Waals surface area contributed by atoms with E-state index in [1.807, 2.05) is 0 Å². The molecule has 1 aromatic rings. The van der Waals surface area contributed by atoms with Gasteiger partial charge in [-0.25, -0.2) is 0 Å². The predicted molar refractivity (Wildman–Crippen MR) is 71.6 cm³/mol. The minimum atomic E-state index is -0.0793. The molecule has 19 heavy (non-hydrogen) atoms. The van der Waals surface area contributed by atoms with Gasteiger partial charge in [-0.3, -0.25) is 14.6 Å². The molecule has 0 saturated carbocycles. The molecule has 5 heteroatoms. The predicted octanol–water partition coefficient (Wildman–Crippen LogP) is 1.02. The average Bonchev–Trinajstić information content (AvgIpc) is 2.46. The molecule has 1 atom stereocenters. The highest BCUT2D eigenvalue weighted by atomic mass is 16.2. The van der Waals surface area contributed by atoms with Gasteiger partial charge in [0.2, 0.25) is 5.91 Å². The highest BCUT2D eigenvalue weighted by Gasteiger charge is 2.29. The lowest BCUT2D eigenvalue weighted by molar-refractivity contribution is -0.134. The van der Waals surface area contributed by atoms with Crippen molar-refractivity contribution in [2.45, 2.75) is 12.8 Å². The average molecular weight is 261 g/mol. The Morgan fingerprint density at radius 2 is 2.21 bits per heavy atom. The molecular formula is C14H19N3O2. The molecule has 1 aliphatic rings. The van der Waals surface area contributed by atoms with Gasteiger partial charge in [-0.2, -0.15) is 0 Å². The quantitative estimate of drug-likeness (QED) is 0.798. The molecule has 0 N–H and O–H groups in total. The molecule has 1 saturated heterocycles. The molecule has 0 unspecified atom stereocenters. The zero-order valence-electron chi connectivity index (χ0n) is 11.4. The smallest absolute Gasteiger partial charge is 0.255 e. The third-order valence-corrected chi connectivity index (χ3v) is 3.41. The van der Waals surface area contributed by atoms with Gasteiger partial charge in [0.1, 0.15) is 0 Å². The highest BCUT2D eigenvalue weighted by molar-refractivity contribution is 5.94. The summed E-state index contributed by atoms with van der Waals surface area (Å²) in [4.78, 5) is 31.6. The summed E-state index contributed by atoms with van der Waals surface area (Å²) in [5.74, 6) is -0.0163. The number of likely N-dealkylation sites (tertiary alicyclic amines) is 1. The van der Waals surface area contributed by atoms with Crippen LogP contribution in [0.3, 0.4) is 0 Å². The van der Waals surface area contributed by atoms with Gasteiger partial charge in [0, 0.05) is 39.6 Å². The number of rotatable bonds is 2. The van der Waals surface area contributed by atoms with Gasteiger partial charge < -0.3 is 9.80 Å². The first kappa shape index (κ1) is 13.5. The zero-order valence-corrected chi connectivity index (χ0v) is 11.4. The molecule has 2 heterocycles. The van der Waals surface area contributed by atoms with E-state index >= 15 is 0 Å². The largest absolute Gasteiger partial charge is 0.349 e. The minimum absolute atomic E-state index is 0.0376. The molecule has 1 aliphatic heterocycles. The molecule has 0 aliphatic carbocycles. The van der Waals surface area contributed by atoms with Gasteiger partial charge in [-0.05, 0) is 25.0 Å². The van der Waals surface area contributed by atoms with Crippen molar-refractivity contribution in [3.05, 3.63) is 30.1 Å². The van der Waals surface area contributed by atoms with Crippen molar-refractivity contribution in [2.24, 2.45) is 5.92 Å². The number of carbonyl (C=O) groups excluding carboxylic acids is 2. The van der Waals surface area contributed by atoms with Gasteiger partial charge in [0.25, 0.3) is 5.91 Å². The summed E-state index contributed by atoms with van der Waals surface area (Å²) in [6, 6.07) is 3.51. The Hall–Kier alpha value is -1.91. The lowest BCUT2D eigenvalue weighted by Crippen LogP contribution is -2.45. The number of pyridine rings is 1. The molecule has 0 radical (unpaired) electrons. The number of hydrogen-bond acceptors (Lipinski definition) is 3. The Morgan fingerprint density at radius 1 is 1.42 bits per heavy atom. The highest BCUT2D eigenvalue weighted by Crippen LogP contribution is 2.19. The molecule has 2 rings (SSSR count). The van der Waals surface area contributed by atoms with Crippen LogP contribution >= 0.6 is 0 Å². The lowest BCUT2D eigenvalue weighted by Gasteiger charge is -2.33. The Labute approximate surface area is 113 Å². The number of piperidine rings is 1. The molecule has 2 amide bonds. The van der Waals surface area contributed by atoms with E-state index in [9.17, 15) is 9.59 Å². The second kappa shape index (κ2) is 5.82. The monoisotopic (exact) mass is 261 g/mol. The maximum atomic E-state index is 12.3. The van der Waals surface area contributed by atoms with Crippen molar-refractivity contribution in [1.29, 1.82) is 0 Å². The van der Waals surface area contributed by atoms with Gasteiger partial charge in [-0.15, -0.1) is 0 Å². The summed E-state index contributed by atoms with van der Waals surface area (Å²) in [5.41, 5.74) is 0.584. The Bertz CT molecular complexity index is 459. The van der Waals surface area contributed by atoms with Crippen LogP contribution in [0.2, 0.25) is 0 Å². The SMILES string of the molecule is CN(C)C(=O)[C@@H]1CCCN(C(=O)c2cccnc2)C1. The molecule has 1 aromatic heterocycles. The maximum absolute atomic E-state index is 12.3. The third kappa shape index (κ3) is 3.10. The third-order valence-electron chi connectivity index (χ3n) is 3.41. The number of carbonyl (C=O) groups is 2. The van der Waals surface area contributed by atoms with Crippen molar-refractivity contribution < 1.29 is 9.59 Å². The van der Waals surface area contributed by atoms with Crippen LogP contribution in [0.1, 0.15) is 23.2 Å². The van der Waals surface area contributed by atoms with Gasteiger partial charge >= 0.3 is 0 Å². The summed E-state index contributed by atoms with van der Waals surface area (Å²) in [5, 5.41) is 0. The Balaban J connectivity index is 2.05. The van der Waals surface area contributed by atoms with Gasteiger partial charge in [0.05, 0.1) is 11.5 Å². The lowest BCUT2D eigenvalue weighted by atomic mass is 9.96. The number of nitrogens with zero attached hydrogens (tertiary/aromatic N) is 3. The number of aromatic nitrogens is 1. The topological polar surface area (TPSA) is 53.5 Å². The zero-order chi connectivity index (χ0) is 13.8. The standard InChI is InChI=1S/C14H19N3O2/c1-16(2)13(18)12-6-4-8-17(10-12)14(19)11-5-3-7-15-9-11/h3,5,7,9,12H,4,6,8,10H2,1-2H3/t12-/m1/s1. The fourth-order valence-electron chi connectivity index (χ4n) is 2.40. The van der Waals surface area contributed by atoms with Crippen LogP contribution < -0.4 is 0 Å². The minimum Gasteiger partial charge on any atom is -0.349 e. The van der Waals surface area contributed by atoms with Crippen LogP contribution in [0.5, 0.6) is 0 Å². The summed E-state index contributed by atoms with van der Waals surface area (Å²) in [6.45, 7) is 1.22. The van der Waals surface area contributed by atoms with Crippen LogP contribution in [0.4, 0.5) is 0 Å². The van der Waals surface area contributed by atoms with E-state index < -0.39 is 0 Å². The van der Waals surface area contributed by atoms with Gasteiger partial charge in [-0.1, -0.05) is 0 Å². The second-order valence-corrected chi connectivity index (χ2v) is 5.06. The summed E-state index contributed by atoms with van der Waals surface area (Å²) in [6.07, 6.45) is 4.94. The second-order valence-electron chi connectivity index (χ2n) is 5.06. The van der Waals surface area contributed by atoms with E-state index in [-0.39, 0.29) is 17.7 Å². The Kier molecular flexibility index (Phi) is 4.14. The van der Waals surface area contributed by atoms with Crippen molar-refractivity contribution in [2.75, 3.05) is 27.2 Å². The first-order valence-corrected chi connectivity index (χ1v) is 6.50. The van der Waals surface area contributed by atoms with Crippen LogP contribution in [-0.4, -0.2) is 53.8 Å². The molecule has 102 valence electrons. The summed E-state index contributed by atoms with van der Waals surface area (Å²) in [7, 11) is 3.51. The molecule has 5 nitrogen and oxygen atoms in total. The number of amides is 2. The van der Waals surface area contributed by atoms with E-state index in [0.717, 1.165) is 12.8 Å². The maximum Gasteiger partial charge on any atom is 0.255 e. The Morgan fingerprint density at radius 3 is 2.84 bits per heavy atom. The van der Waals surface area contributed by atoms with E-state index in [2.05, 4.69) is 4.98 Å². The normalized spacial score (nSPS) is 19.1. The fourth-order valence-corrected chi connectivity index (χ4v) is 2.40. The molecule has 1 fully saturated rings. The van der Waals surface area contributed by atoms with Gasteiger partial charge in [0.15, 0.2) is 0 Å². The molecular weight excluding hydrogens is 242 g/mol. The summed E-state index contributed by atoms with van der Waals surface area (Å²) >= 11 is 0. The molecule has 0 bridgehead atoms. The number of hydrogen-bond donors (Lipinski definition) is 0. The molecule has 0 aromatic carbocycles. The van der Waals surface area contributed by atoms with Crippen molar-refractivity contribution in [3.63, 3.8) is 0 Å². The van der Waals surface area contributed by atoms with Crippen LogP contribution in [-0.2, 0) is 4.79 Å².